The Morgan fingerprint density at radius 3 is 2.36 bits per heavy atom. The molecule has 1 aliphatic heterocycles. The molecule has 7 nitrogen and oxygen atoms in total. The van der Waals surface area contributed by atoms with E-state index in [-0.39, 0.29) is 28.5 Å². The molecule has 140 valence electrons. The summed E-state index contributed by atoms with van der Waals surface area (Å²) in [5.74, 6) is 0.625. The molecule has 1 saturated heterocycles. The fraction of sp³-hybridized carbons (Fsp3) is 0.588. The number of carbonyl (C=O) groups excluding carboxylic acids is 1. The summed E-state index contributed by atoms with van der Waals surface area (Å²) in [6.07, 6.45) is 1.02. The molecule has 0 saturated carbocycles. The number of ether oxygens (including phenoxy) is 2. The van der Waals surface area contributed by atoms with E-state index in [0.29, 0.717) is 31.7 Å². The molecular formula is C17H26N2O5S. The van der Waals surface area contributed by atoms with Gasteiger partial charge in [0.15, 0.2) is 0 Å². The summed E-state index contributed by atoms with van der Waals surface area (Å²) >= 11 is 0. The van der Waals surface area contributed by atoms with E-state index < -0.39 is 10.0 Å². The second-order valence-electron chi connectivity index (χ2n) is 6.36. The highest BCUT2D eigenvalue weighted by atomic mass is 32.2. The number of rotatable bonds is 6. The van der Waals surface area contributed by atoms with Crippen LogP contribution in [0.1, 0.15) is 26.7 Å². The highest BCUT2D eigenvalue weighted by Gasteiger charge is 2.33. The number of hydrogen-bond donors (Lipinski definition) is 1. The zero-order valence-electron chi connectivity index (χ0n) is 15.1. The van der Waals surface area contributed by atoms with E-state index >= 15 is 0 Å². The van der Waals surface area contributed by atoms with E-state index in [1.807, 2.05) is 13.8 Å². The molecule has 0 unspecified atom stereocenters. The molecular weight excluding hydrogens is 344 g/mol. The third kappa shape index (κ3) is 4.43. The van der Waals surface area contributed by atoms with E-state index in [4.69, 9.17) is 9.47 Å². The van der Waals surface area contributed by atoms with Crippen molar-refractivity contribution < 1.29 is 22.7 Å². The van der Waals surface area contributed by atoms with Gasteiger partial charge in [0.1, 0.15) is 16.4 Å². The minimum Gasteiger partial charge on any atom is -0.497 e. The molecule has 0 aliphatic carbocycles. The van der Waals surface area contributed by atoms with Crippen LogP contribution in [-0.2, 0) is 14.8 Å². The molecule has 1 fully saturated rings. The summed E-state index contributed by atoms with van der Waals surface area (Å²) in [5.41, 5.74) is 0. The maximum atomic E-state index is 12.9. The van der Waals surface area contributed by atoms with Gasteiger partial charge in [0.2, 0.25) is 15.9 Å². The SMILES string of the molecule is COc1ccc(S(=O)(=O)N2CCC(C(=O)NC(C)C)CC2)c(OC)c1. The molecule has 25 heavy (non-hydrogen) atoms. The Labute approximate surface area is 149 Å². The Morgan fingerprint density at radius 1 is 1.20 bits per heavy atom. The number of hydrogen-bond acceptors (Lipinski definition) is 5. The van der Waals surface area contributed by atoms with E-state index in [9.17, 15) is 13.2 Å². The second-order valence-corrected chi connectivity index (χ2v) is 8.26. The van der Waals surface area contributed by atoms with Crippen molar-refractivity contribution in [2.75, 3.05) is 27.3 Å². The van der Waals surface area contributed by atoms with Crippen molar-refractivity contribution in [2.45, 2.75) is 37.6 Å². The van der Waals surface area contributed by atoms with Crippen LogP contribution in [0, 0.1) is 5.92 Å². The maximum Gasteiger partial charge on any atom is 0.246 e. The van der Waals surface area contributed by atoms with Crippen LogP contribution in [0.25, 0.3) is 0 Å². The summed E-state index contributed by atoms with van der Waals surface area (Å²) in [6.45, 7) is 4.45. The van der Waals surface area contributed by atoms with E-state index in [0.717, 1.165) is 0 Å². The monoisotopic (exact) mass is 370 g/mol. The van der Waals surface area contributed by atoms with E-state index in [1.165, 1.54) is 24.6 Å². The number of nitrogens with zero attached hydrogens (tertiary/aromatic N) is 1. The van der Waals surface area contributed by atoms with Gasteiger partial charge in [0.05, 0.1) is 14.2 Å². The predicted molar refractivity (Wildman–Crippen MR) is 94.3 cm³/mol. The van der Waals surface area contributed by atoms with Crippen LogP contribution in [0.3, 0.4) is 0 Å². The van der Waals surface area contributed by atoms with Gasteiger partial charge in [-0.15, -0.1) is 0 Å². The first-order chi connectivity index (χ1) is 11.8. The van der Waals surface area contributed by atoms with Crippen LogP contribution in [0.15, 0.2) is 23.1 Å². The lowest BCUT2D eigenvalue weighted by Gasteiger charge is -2.31. The minimum atomic E-state index is -3.68. The Bertz CT molecular complexity index is 710. The number of amides is 1. The van der Waals surface area contributed by atoms with E-state index in [2.05, 4.69) is 5.32 Å². The number of nitrogens with one attached hydrogen (secondary N) is 1. The number of carbonyl (C=O) groups is 1. The Morgan fingerprint density at radius 2 is 1.84 bits per heavy atom. The van der Waals surface area contributed by atoms with Gasteiger partial charge < -0.3 is 14.8 Å². The van der Waals surface area contributed by atoms with Gasteiger partial charge in [-0.1, -0.05) is 0 Å². The van der Waals surface area contributed by atoms with Gasteiger partial charge in [-0.3, -0.25) is 4.79 Å². The molecule has 1 N–H and O–H groups in total. The fourth-order valence-corrected chi connectivity index (χ4v) is 4.49. The van der Waals surface area contributed by atoms with Gasteiger partial charge >= 0.3 is 0 Å². The lowest BCUT2D eigenvalue weighted by atomic mass is 9.97. The van der Waals surface area contributed by atoms with Crippen LogP contribution in [0.2, 0.25) is 0 Å². The predicted octanol–water partition coefficient (Wildman–Crippen LogP) is 1.63. The first kappa shape index (κ1) is 19.5. The number of methoxy groups -OCH3 is 2. The number of benzene rings is 1. The molecule has 0 bridgehead atoms. The molecule has 1 heterocycles. The first-order valence-electron chi connectivity index (χ1n) is 8.32. The summed E-state index contributed by atoms with van der Waals surface area (Å²) < 4.78 is 37.6. The van der Waals surface area contributed by atoms with Gasteiger partial charge in [0.25, 0.3) is 0 Å². The van der Waals surface area contributed by atoms with Crippen molar-refractivity contribution in [3.63, 3.8) is 0 Å². The molecule has 2 rings (SSSR count). The average Bonchev–Trinajstić information content (AvgIpc) is 2.60. The number of sulfonamides is 1. The zero-order chi connectivity index (χ0) is 18.6. The van der Waals surface area contributed by atoms with Gasteiger partial charge in [0, 0.05) is 31.1 Å². The lowest BCUT2D eigenvalue weighted by Crippen LogP contribution is -2.44. The van der Waals surface area contributed by atoms with Gasteiger partial charge in [-0.25, -0.2) is 8.42 Å². The van der Waals surface area contributed by atoms with Crippen LogP contribution in [-0.4, -0.2) is 52.0 Å². The van der Waals surface area contributed by atoms with Gasteiger partial charge in [-0.2, -0.15) is 4.31 Å². The molecule has 0 aromatic heterocycles. The molecule has 0 atom stereocenters. The average molecular weight is 370 g/mol. The third-order valence-electron chi connectivity index (χ3n) is 4.24. The van der Waals surface area contributed by atoms with E-state index in [1.54, 1.807) is 12.1 Å². The van der Waals surface area contributed by atoms with Crippen LogP contribution in [0.5, 0.6) is 11.5 Å². The molecule has 1 aromatic rings. The topological polar surface area (TPSA) is 84.9 Å². The molecule has 0 radical (unpaired) electrons. The summed E-state index contributed by atoms with van der Waals surface area (Å²) in [6, 6.07) is 4.72. The maximum absolute atomic E-state index is 12.9. The van der Waals surface area contributed by atoms with Crippen molar-refractivity contribution in [1.29, 1.82) is 0 Å². The Balaban J connectivity index is 2.13. The fourth-order valence-electron chi connectivity index (χ4n) is 2.89. The third-order valence-corrected chi connectivity index (χ3v) is 6.18. The molecule has 1 amide bonds. The zero-order valence-corrected chi connectivity index (χ0v) is 15.9. The van der Waals surface area contributed by atoms with Crippen LogP contribution in [0.4, 0.5) is 0 Å². The minimum absolute atomic E-state index is 0.00549. The Hall–Kier alpha value is -1.80. The number of piperidine rings is 1. The highest BCUT2D eigenvalue weighted by Crippen LogP contribution is 2.32. The highest BCUT2D eigenvalue weighted by molar-refractivity contribution is 7.89. The lowest BCUT2D eigenvalue weighted by molar-refractivity contribution is -0.126. The van der Waals surface area contributed by atoms with Gasteiger partial charge in [-0.05, 0) is 38.8 Å². The standard InChI is InChI=1S/C17H26N2O5S/c1-12(2)18-17(20)13-7-9-19(10-8-13)25(21,22)16-6-5-14(23-3)11-15(16)24-4/h5-6,11-13H,7-10H2,1-4H3,(H,18,20). The molecule has 1 aromatic carbocycles. The quantitative estimate of drug-likeness (QED) is 0.823. The summed E-state index contributed by atoms with van der Waals surface area (Å²) in [4.78, 5) is 12.2. The van der Waals surface area contributed by atoms with Crippen molar-refractivity contribution in [1.82, 2.24) is 9.62 Å². The van der Waals surface area contributed by atoms with Crippen molar-refractivity contribution >= 4 is 15.9 Å². The summed E-state index contributed by atoms with van der Waals surface area (Å²) in [7, 11) is -0.744. The molecule has 8 heteroatoms. The normalized spacial score (nSPS) is 16.7. The smallest absolute Gasteiger partial charge is 0.246 e. The first-order valence-corrected chi connectivity index (χ1v) is 9.76. The second kappa shape index (κ2) is 8.05. The van der Waals surface area contributed by atoms with Crippen LogP contribution >= 0.6 is 0 Å². The van der Waals surface area contributed by atoms with Crippen molar-refractivity contribution in [3.8, 4) is 11.5 Å². The molecule has 1 aliphatic rings. The molecule has 0 spiro atoms. The summed E-state index contributed by atoms with van der Waals surface area (Å²) in [5, 5.41) is 2.89. The Kier molecular flexibility index (Phi) is 6.29. The largest absolute Gasteiger partial charge is 0.497 e. The van der Waals surface area contributed by atoms with Crippen LogP contribution < -0.4 is 14.8 Å². The van der Waals surface area contributed by atoms with Crippen molar-refractivity contribution in [2.24, 2.45) is 5.92 Å². The van der Waals surface area contributed by atoms with Crippen molar-refractivity contribution in [3.05, 3.63) is 18.2 Å².